The van der Waals surface area contributed by atoms with Crippen LogP contribution >= 0.6 is 11.8 Å². The van der Waals surface area contributed by atoms with Gasteiger partial charge in [0.2, 0.25) is 0 Å². The highest BCUT2D eigenvalue weighted by Crippen LogP contribution is 2.29. The molecule has 0 saturated heterocycles. The molecule has 4 aromatic rings. The molecule has 27 heavy (non-hydrogen) atoms. The second-order valence-corrected chi connectivity index (χ2v) is 7.16. The molecule has 0 fully saturated rings. The Bertz CT molecular complexity index is 1180. The van der Waals surface area contributed by atoms with E-state index in [1.807, 2.05) is 71.6 Å². The third-order valence-electron chi connectivity index (χ3n) is 4.47. The van der Waals surface area contributed by atoms with Gasteiger partial charge < -0.3 is 0 Å². The summed E-state index contributed by atoms with van der Waals surface area (Å²) < 4.78 is 2.05. The molecule has 0 radical (unpaired) electrons. The van der Waals surface area contributed by atoms with E-state index in [0.717, 1.165) is 33.2 Å². The van der Waals surface area contributed by atoms with Crippen molar-refractivity contribution < 1.29 is 0 Å². The van der Waals surface area contributed by atoms with Crippen LogP contribution in [0.2, 0.25) is 0 Å². The fourth-order valence-corrected chi connectivity index (χ4v) is 4.06. The van der Waals surface area contributed by atoms with Crippen molar-refractivity contribution in [3.05, 3.63) is 96.3 Å². The molecule has 0 atom stereocenters. The van der Waals surface area contributed by atoms with Crippen molar-refractivity contribution in [1.82, 2.24) is 9.55 Å². The number of hydrogen-bond donors (Lipinski definition) is 0. The molecule has 3 aromatic carbocycles. The minimum absolute atomic E-state index is 0.711. The Balaban J connectivity index is 1.71. The lowest BCUT2D eigenvalue weighted by Gasteiger charge is -2.14. The van der Waals surface area contributed by atoms with Gasteiger partial charge in [-0.1, -0.05) is 72.4 Å². The molecule has 1 aromatic heterocycles. The summed E-state index contributed by atoms with van der Waals surface area (Å²) in [4.78, 5) is 14.4. The number of rotatable bonds is 1. The number of hydrogen-bond acceptors (Lipinski definition) is 4. The summed E-state index contributed by atoms with van der Waals surface area (Å²) >= 11 is 1.70. The van der Waals surface area contributed by atoms with Crippen LogP contribution in [0.25, 0.3) is 11.0 Å². The number of para-hydroxylation sites is 3. The normalized spacial score (nSPS) is 14.1. The maximum Gasteiger partial charge on any atom is 0.176 e. The number of fused-ring (bicyclic) bond motifs is 2. The Morgan fingerprint density at radius 2 is 1.56 bits per heavy atom. The van der Waals surface area contributed by atoms with E-state index < -0.39 is 0 Å². The Labute approximate surface area is 161 Å². The maximum absolute atomic E-state index is 4.95. The molecule has 0 amide bonds. The van der Waals surface area contributed by atoms with Crippen molar-refractivity contribution in [3.63, 3.8) is 0 Å². The molecule has 1 aliphatic rings. The van der Waals surface area contributed by atoms with Gasteiger partial charge >= 0.3 is 0 Å². The molecule has 0 saturated carbocycles. The second kappa shape index (κ2) is 6.85. The Morgan fingerprint density at radius 1 is 0.778 bits per heavy atom. The monoisotopic (exact) mass is 368 g/mol. The van der Waals surface area contributed by atoms with E-state index in [4.69, 9.17) is 9.98 Å². The van der Waals surface area contributed by atoms with Gasteiger partial charge in [0, 0.05) is 11.3 Å². The number of aliphatic imine (C=N–C) groups is 2. The van der Waals surface area contributed by atoms with Gasteiger partial charge in [-0.15, -0.1) is 0 Å². The van der Waals surface area contributed by atoms with E-state index in [1.165, 1.54) is 5.56 Å². The number of benzene rings is 3. The van der Waals surface area contributed by atoms with Crippen LogP contribution in [0.3, 0.4) is 0 Å². The summed E-state index contributed by atoms with van der Waals surface area (Å²) in [6.45, 7) is 0. The molecular weight excluding hydrogens is 352 g/mol. The second-order valence-electron chi connectivity index (χ2n) is 6.22. The minimum Gasteiger partial charge on any atom is -0.277 e. The molecule has 0 aliphatic carbocycles. The zero-order valence-corrected chi connectivity index (χ0v) is 15.3. The van der Waals surface area contributed by atoms with E-state index in [2.05, 4.69) is 23.2 Å². The van der Waals surface area contributed by atoms with Crippen molar-refractivity contribution in [2.24, 2.45) is 9.98 Å². The molecule has 130 valence electrons. The van der Waals surface area contributed by atoms with E-state index >= 15 is 0 Å². The smallest absolute Gasteiger partial charge is 0.176 e. The lowest BCUT2D eigenvalue weighted by atomic mass is 10.2. The minimum atomic E-state index is 0.711. The van der Waals surface area contributed by atoms with Crippen molar-refractivity contribution >= 4 is 39.5 Å². The first-order chi connectivity index (χ1) is 13.4. The van der Waals surface area contributed by atoms with Gasteiger partial charge in [-0.3, -0.25) is 4.57 Å². The molecule has 2 heterocycles. The fourth-order valence-electron chi connectivity index (χ4n) is 3.10. The van der Waals surface area contributed by atoms with Crippen molar-refractivity contribution in [1.29, 1.82) is 0 Å². The van der Waals surface area contributed by atoms with Crippen molar-refractivity contribution in [2.45, 2.75) is 5.75 Å². The van der Waals surface area contributed by atoms with Crippen molar-refractivity contribution in [2.75, 3.05) is 0 Å². The van der Waals surface area contributed by atoms with Gasteiger partial charge in [-0.05, 0) is 23.8 Å². The van der Waals surface area contributed by atoms with E-state index in [0.29, 0.717) is 5.84 Å². The predicted octanol–water partition coefficient (Wildman–Crippen LogP) is 5.27. The quantitative estimate of drug-likeness (QED) is 0.459. The molecule has 0 bridgehead atoms. The molecule has 1 aliphatic heterocycles. The van der Waals surface area contributed by atoms with E-state index in [9.17, 15) is 0 Å². The van der Waals surface area contributed by atoms with Gasteiger partial charge in [0.15, 0.2) is 11.0 Å². The molecule has 5 heteroatoms. The molecule has 5 rings (SSSR count). The average Bonchev–Trinajstić information content (AvgIpc) is 3.14. The number of aromatic nitrogens is 2. The van der Waals surface area contributed by atoms with Crippen LogP contribution in [0.15, 0.2) is 95.2 Å². The largest absolute Gasteiger partial charge is 0.277 e. The third kappa shape index (κ3) is 3.06. The highest BCUT2D eigenvalue weighted by atomic mass is 32.2. The Hall–Kier alpha value is -3.18. The summed E-state index contributed by atoms with van der Waals surface area (Å²) in [5.74, 6) is 1.52. The van der Waals surface area contributed by atoms with Gasteiger partial charge in [0.25, 0.3) is 0 Å². The molecule has 0 unspecified atom stereocenters. The molecular formula is C22H16N4S. The SMILES string of the molecule is c1ccc(C2=Nc3ccccc3CSC(n3cnc4ccccc43)=N2)cc1. The number of nitrogens with zero attached hydrogens (tertiary/aromatic N) is 4. The van der Waals surface area contributed by atoms with Crippen LogP contribution in [0.5, 0.6) is 0 Å². The third-order valence-corrected chi connectivity index (χ3v) is 5.47. The Kier molecular flexibility index (Phi) is 4.07. The lowest BCUT2D eigenvalue weighted by Crippen LogP contribution is -2.12. The van der Waals surface area contributed by atoms with Crippen LogP contribution < -0.4 is 0 Å². The average molecular weight is 368 g/mol. The zero-order chi connectivity index (χ0) is 18.1. The van der Waals surface area contributed by atoms with Gasteiger partial charge in [0.1, 0.15) is 6.33 Å². The van der Waals surface area contributed by atoms with Crippen LogP contribution in [0.4, 0.5) is 5.69 Å². The molecule has 4 nitrogen and oxygen atoms in total. The van der Waals surface area contributed by atoms with Crippen LogP contribution in [0.1, 0.15) is 11.1 Å². The summed E-state index contributed by atoms with van der Waals surface area (Å²) in [6.07, 6.45) is 1.84. The fraction of sp³-hybridized carbons (Fsp3) is 0.0455. The summed E-state index contributed by atoms with van der Waals surface area (Å²) in [7, 11) is 0. The van der Waals surface area contributed by atoms with Crippen LogP contribution in [-0.4, -0.2) is 20.6 Å². The standard InChI is InChI=1S/C22H16N4S/c1-2-8-16(9-3-1)21-24-18-11-5-4-10-17(18)14-27-22(25-21)26-15-23-19-12-6-7-13-20(19)26/h1-13,15H,14H2. The van der Waals surface area contributed by atoms with Crippen molar-refractivity contribution in [3.8, 4) is 0 Å². The highest BCUT2D eigenvalue weighted by Gasteiger charge is 2.16. The highest BCUT2D eigenvalue weighted by molar-refractivity contribution is 8.13. The molecule has 0 spiro atoms. The Morgan fingerprint density at radius 3 is 2.48 bits per heavy atom. The predicted molar refractivity (Wildman–Crippen MR) is 113 cm³/mol. The first-order valence-corrected chi connectivity index (χ1v) is 9.73. The van der Waals surface area contributed by atoms with Gasteiger partial charge in [-0.2, -0.15) is 0 Å². The summed E-state index contributed by atoms with van der Waals surface area (Å²) in [6, 6.07) is 26.5. The van der Waals surface area contributed by atoms with Gasteiger partial charge in [0.05, 0.1) is 16.7 Å². The van der Waals surface area contributed by atoms with E-state index in [1.54, 1.807) is 11.8 Å². The first kappa shape index (κ1) is 16.0. The van der Waals surface area contributed by atoms with Gasteiger partial charge in [-0.25, -0.2) is 15.0 Å². The van der Waals surface area contributed by atoms with E-state index in [-0.39, 0.29) is 0 Å². The zero-order valence-electron chi connectivity index (χ0n) is 14.5. The number of thioether (sulfide) groups is 1. The summed E-state index contributed by atoms with van der Waals surface area (Å²) in [5, 5.41) is 0.876. The van der Waals surface area contributed by atoms with Crippen LogP contribution in [-0.2, 0) is 5.75 Å². The van der Waals surface area contributed by atoms with Crippen LogP contribution in [0, 0.1) is 0 Å². The maximum atomic E-state index is 4.95. The lowest BCUT2D eigenvalue weighted by molar-refractivity contribution is 1.18. The number of imidazole rings is 1. The number of amidine groups is 1. The topological polar surface area (TPSA) is 42.5 Å². The first-order valence-electron chi connectivity index (χ1n) is 8.74. The molecule has 0 N–H and O–H groups in total. The summed E-state index contributed by atoms with van der Waals surface area (Å²) in [5.41, 5.74) is 5.18.